The monoisotopic (exact) mass is 368 g/mol. The van der Waals surface area contributed by atoms with Crippen LogP contribution in [-0.4, -0.2) is 16.4 Å². The molecular weight excluding hydrogens is 352 g/mol. The molecule has 3 aromatic heterocycles. The van der Waals surface area contributed by atoms with Crippen LogP contribution in [0.15, 0.2) is 53.2 Å². The molecular formula is C19H16N2S3. The summed E-state index contributed by atoms with van der Waals surface area (Å²) >= 11 is 5.59. The van der Waals surface area contributed by atoms with Crippen LogP contribution in [0.5, 0.6) is 0 Å². The van der Waals surface area contributed by atoms with Crippen LogP contribution < -0.4 is 0 Å². The van der Waals surface area contributed by atoms with Crippen molar-refractivity contribution in [2.75, 3.05) is 6.54 Å². The first-order valence-corrected chi connectivity index (χ1v) is 10.6. The molecule has 0 N–H and O–H groups in total. The first kappa shape index (κ1) is 14.8. The van der Waals surface area contributed by atoms with Crippen molar-refractivity contribution >= 4 is 44.2 Å². The molecule has 5 heteroatoms. The molecule has 4 heterocycles. The fourth-order valence-electron chi connectivity index (χ4n) is 3.48. The van der Waals surface area contributed by atoms with Crippen molar-refractivity contribution in [3.63, 3.8) is 0 Å². The van der Waals surface area contributed by atoms with Crippen molar-refractivity contribution in [3.8, 4) is 0 Å². The van der Waals surface area contributed by atoms with Crippen LogP contribution in [-0.2, 0) is 13.0 Å². The Bertz CT molecular complexity index is 935. The van der Waals surface area contributed by atoms with Gasteiger partial charge in [-0.3, -0.25) is 4.90 Å². The van der Waals surface area contributed by atoms with Crippen LogP contribution in [0.3, 0.4) is 0 Å². The number of fused-ring (bicyclic) bond motifs is 2. The number of benzene rings is 1. The van der Waals surface area contributed by atoms with E-state index in [1.54, 1.807) is 4.88 Å². The molecule has 0 saturated carbocycles. The summed E-state index contributed by atoms with van der Waals surface area (Å²) in [5.74, 6) is 0. The SMILES string of the molecule is c1csc([C@H]2c3ccsc3CCN2Cc2nc3ccccc3s2)c1. The van der Waals surface area contributed by atoms with Crippen molar-refractivity contribution < 1.29 is 0 Å². The number of para-hydroxylation sites is 1. The maximum Gasteiger partial charge on any atom is 0.108 e. The standard InChI is InChI=1S/C19H16N2S3/c1-2-5-16-14(4-1)20-18(24-16)12-21-9-7-15-13(8-11-23-15)19(21)17-6-3-10-22-17/h1-6,8,10-11,19H,7,9,12H2/t19-/m1/s1. The lowest BCUT2D eigenvalue weighted by Gasteiger charge is -2.34. The molecule has 1 aliphatic heterocycles. The van der Waals surface area contributed by atoms with Crippen LogP contribution in [0.25, 0.3) is 10.2 Å². The Morgan fingerprint density at radius 2 is 2.00 bits per heavy atom. The van der Waals surface area contributed by atoms with E-state index in [0.29, 0.717) is 6.04 Å². The third kappa shape index (κ3) is 2.52. The van der Waals surface area contributed by atoms with E-state index >= 15 is 0 Å². The van der Waals surface area contributed by atoms with Crippen LogP contribution in [0, 0.1) is 0 Å². The summed E-state index contributed by atoms with van der Waals surface area (Å²) in [7, 11) is 0. The molecule has 24 heavy (non-hydrogen) atoms. The second kappa shape index (κ2) is 6.08. The van der Waals surface area contributed by atoms with E-state index in [2.05, 4.69) is 58.1 Å². The van der Waals surface area contributed by atoms with Gasteiger partial charge in [-0.2, -0.15) is 0 Å². The number of hydrogen-bond acceptors (Lipinski definition) is 5. The maximum absolute atomic E-state index is 4.85. The Kier molecular flexibility index (Phi) is 3.74. The molecule has 0 aliphatic carbocycles. The highest BCUT2D eigenvalue weighted by atomic mass is 32.1. The van der Waals surface area contributed by atoms with Gasteiger partial charge in [0.1, 0.15) is 5.01 Å². The molecule has 1 aliphatic rings. The smallest absolute Gasteiger partial charge is 0.108 e. The van der Waals surface area contributed by atoms with Crippen molar-refractivity contribution in [2.45, 2.75) is 19.0 Å². The summed E-state index contributed by atoms with van der Waals surface area (Å²) in [5, 5.41) is 5.65. The normalized spacial score (nSPS) is 18.1. The minimum absolute atomic E-state index is 0.381. The largest absolute Gasteiger partial charge is 0.285 e. The second-order valence-corrected chi connectivity index (χ2v) is 9.11. The predicted molar refractivity (Wildman–Crippen MR) is 104 cm³/mol. The molecule has 4 aromatic rings. The Morgan fingerprint density at radius 3 is 2.88 bits per heavy atom. The van der Waals surface area contributed by atoms with Gasteiger partial charge in [-0.15, -0.1) is 34.0 Å². The molecule has 0 radical (unpaired) electrons. The molecule has 0 unspecified atom stereocenters. The van der Waals surface area contributed by atoms with Gasteiger partial charge in [0.15, 0.2) is 0 Å². The number of thiophene rings is 2. The molecule has 0 fully saturated rings. The summed E-state index contributed by atoms with van der Waals surface area (Å²) < 4.78 is 1.29. The predicted octanol–water partition coefficient (Wildman–Crippen LogP) is 5.57. The van der Waals surface area contributed by atoms with Gasteiger partial charge in [0, 0.05) is 16.3 Å². The van der Waals surface area contributed by atoms with Gasteiger partial charge in [0.2, 0.25) is 0 Å². The lowest BCUT2D eigenvalue weighted by Crippen LogP contribution is -2.34. The van der Waals surface area contributed by atoms with Gasteiger partial charge < -0.3 is 0 Å². The summed E-state index contributed by atoms with van der Waals surface area (Å²) in [6.45, 7) is 2.03. The lowest BCUT2D eigenvalue weighted by molar-refractivity contribution is 0.209. The van der Waals surface area contributed by atoms with Crippen molar-refractivity contribution in [1.82, 2.24) is 9.88 Å². The maximum atomic E-state index is 4.85. The van der Waals surface area contributed by atoms with Gasteiger partial charge in [-0.1, -0.05) is 18.2 Å². The molecule has 0 spiro atoms. The van der Waals surface area contributed by atoms with Gasteiger partial charge >= 0.3 is 0 Å². The average molecular weight is 369 g/mol. The topological polar surface area (TPSA) is 16.1 Å². The molecule has 0 bridgehead atoms. The third-order valence-electron chi connectivity index (χ3n) is 4.55. The van der Waals surface area contributed by atoms with E-state index in [1.807, 2.05) is 34.0 Å². The van der Waals surface area contributed by atoms with Gasteiger partial charge in [-0.05, 0) is 47.0 Å². The van der Waals surface area contributed by atoms with Gasteiger partial charge in [0.05, 0.1) is 22.8 Å². The molecule has 1 atom stereocenters. The molecule has 0 amide bonds. The Balaban J connectivity index is 1.52. The summed E-state index contributed by atoms with van der Waals surface area (Å²) in [6, 6.07) is 15.6. The minimum Gasteiger partial charge on any atom is -0.285 e. The molecule has 5 rings (SSSR count). The zero-order chi connectivity index (χ0) is 15.9. The zero-order valence-electron chi connectivity index (χ0n) is 13.0. The van der Waals surface area contributed by atoms with Crippen LogP contribution in [0.1, 0.15) is 26.4 Å². The summed E-state index contributed by atoms with van der Waals surface area (Å²) in [5.41, 5.74) is 2.62. The average Bonchev–Trinajstić information content (AvgIpc) is 3.34. The highest BCUT2D eigenvalue weighted by molar-refractivity contribution is 7.18. The second-order valence-electron chi connectivity index (χ2n) is 6.01. The Labute approximate surface area is 153 Å². The highest BCUT2D eigenvalue weighted by Crippen LogP contribution is 2.40. The van der Waals surface area contributed by atoms with Crippen molar-refractivity contribution in [2.24, 2.45) is 0 Å². The molecule has 120 valence electrons. The zero-order valence-corrected chi connectivity index (χ0v) is 15.5. The van der Waals surface area contributed by atoms with Gasteiger partial charge in [-0.25, -0.2) is 4.98 Å². The molecule has 2 nitrogen and oxygen atoms in total. The van der Waals surface area contributed by atoms with E-state index in [0.717, 1.165) is 25.0 Å². The number of aromatic nitrogens is 1. The number of thiazole rings is 1. The van der Waals surface area contributed by atoms with E-state index < -0.39 is 0 Å². The quantitative estimate of drug-likeness (QED) is 0.470. The molecule has 1 aromatic carbocycles. The fourth-order valence-corrected chi connectivity index (χ4v) is 6.25. The molecule has 0 saturated heterocycles. The first-order chi connectivity index (χ1) is 11.9. The number of rotatable bonds is 3. The van der Waals surface area contributed by atoms with Crippen LogP contribution in [0.2, 0.25) is 0 Å². The highest BCUT2D eigenvalue weighted by Gasteiger charge is 2.30. The summed E-state index contributed by atoms with van der Waals surface area (Å²) in [4.78, 5) is 10.4. The van der Waals surface area contributed by atoms with Gasteiger partial charge in [0.25, 0.3) is 0 Å². The van der Waals surface area contributed by atoms with Crippen molar-refractivity contribution in [1.29, 1.82) is 0 Å². The number of nitrogens with zero attached hydrogens (tertiary/aromatic N) is 2. The number of hydrogen-bond donors (Lipinski definition) is 0. The lowest BCUT2D eigenvalue weighted by atomic mass is 9.98. The van der Waals surface area contributed by atoms with Crippen LogP contribution in [0.4, 0.5) is 0 Å². The third-order valence-corrected chi connectivity index (χ3v) is 7.50. The van der Waals surface area contributed by atoms with E-state index in [9.17, 15) is 0 Å². The minimum atomic E-state index is 0.381. The fraction of sp³-hybridized carbons (Fsp3) is 0.211. The first-order valence-electron chi connectivity index (χ1n) is 8.06. The van der Waals surface area contributed by atoms with Crippen molar-refractivity contribution in [3.05, 3.63) is 73.6 Å². The Morgan fingerprint density at radius 1 is 1.04 bits per heavy atom. The Hall–Kier alpha value is -1.53. The van der Waals surface area contributed by atoms with E-state index in [-0.39, 0.29) is 0 Å². The van der Waals surface area contributed by atoms with E-state index in [1.165, 1.54) is 20.1 Å². The summed E-state index contributed by atoms with van der Waals surface area (Å²) in [6.07, 6.45) is 1.15. The van der Waals surface area contributed by atoms with Crippen LogP contribution >= 0.6 is 34.0 Å². The van der Waals surface area contributed by atoms with E-state index in [4.69, 9.17) is 4.98 Å².